The van der Waals surface area contributed by atoms with Gasteiger partial charge in [-0.15, -0.1) is 0 Å². The number of benzene rings is 1. The van der Waals surface area contributed by atoms with E-state index in [1.54, 1.807) is 37.3 Å². The summed E-state index contributed by atoms with van der Waals surface area (Å²) in [6.07, 6.45) is -0.348. The van der Waals surface area contributed by atoms with Crippen LogP contribution in [0.3, 0.4) is 0 Å². The summed E-state index contributed by atoms with van der Waals surface area (Å²) in [5.41, 5.74) is -0.810. The number of ether oxygens (including phenoxy) is 2. The smallest absolute Gasteiger partial charge is 0.433 e. The Bertz CT molecular complexity index is 351. The van der Waals surface area contributed by atoms with Crippen LogP contribution >= 0.6 is 0 Å². The van der Waals surface area contributed by atoms with E-state index in [-0.39, 0.29) is 19.8 Å². The molecule has 0 atom stereocenters. The lowest BCUT2D eigenvalue weighted by molar-refractivity contribution is -0.0155. The Morgan fingerprint density at radius 2 is 1.83 bits per heavy atom. The fraction of sp³-hybridized carbons (Fsp3) is 0.462. The van der Waals surface area contributed by atoms with Gasteiger partial charge in [-0.2, -0.15) is 0 Å². The van der Waals surface area contributed by atoms with E-state index in [0.717, 1.165) is 0 Å². The minimum Gasteiger partial charge on any atom is -0.433 e. The van der Waals surface area contributed by atoms with Crippen molar-refractivity contribution in [1.29, 1.82) is 0 Å². The number of aliphatic hydroxyl groups excluding tert-OH is 2. The van der Waals surface area contributed by atoms with E-state index in [1.807, 2.05) is 0 Å². The summed E-state index contributed by atoms with van der Waals surface area (Å²) in [5.74, 6) is 0.387. The van der Waals surface area contributed by atoms with Crippen LogP contribution in [0.15, 0.2) is 30.3 Å². The van der Waals surface area contributed by atoms with E-state index < -0.39 is 11.6 Å². The van der Waals surface area contributed by atoms with Gasteiger partial charge in [0, 0.05) is 0 Å². The predicted octanol–water partition coefficient (Wildman–Crippen LogP) is 1.58. The Labute approximate surface area is 106 Å². The Hall–Kier alpha value is -1.59. The maximum atomic E-state index is 11.4. The molecule has 2 N–H and O–H groups in total. The van der Waals surface area contributed by atoms with Crippen LogP contribution < -0.4 is 4.74 Å². The first-order chi connectivity index (χ1) is 8.65. The molecule has 1 rings (SSSR count). The summed E-state index contributed by atoms with van der Waals surface area (Å²) in [6, 6.07) is 8.54. The quantitative estimate of drug-likeness (QED) is 0.595. The number of para-hydroxylation sites is 1. The Morgan fingerprint density at radius 1 is 1.22 bits per heavy atom. The highest BCUT2D eigenvalue weighted by Gasteiger charge is 2.29. The minimum absolute atomic E-state index is 0.0812. The summed E-state index contributed by atoms with van der Waals surface area (Å²) in [7, 11) is 0. The Morgan fingerprint density at radius 3 is 2.33 bits per heavy atom. The van der Waals surface area contributed by atoms with Gasteiger partial charge in [-0.25, -0.2) is 4.79 Å². The highest BCUT2D eigenvalue weighted by atomic mass is 16.7. The molecule has 0 amide bonds. The third-order valence-electron chi connectivity index (χ3n) is 2.86. The number of rotatable bonds is 6. The van der Waals surface area contributed by atoms with Gasteiger partial charge in [-0.3, -0.25) is 0 Å². The summed E-state index contributed by atoms with van der Waals surface area (Å²) < 4.78 is 9.82. The van der Waals surface area contributed by atoms with Gasteiger partial charge in [0.15, 0.2) is 0 Å². The molecule has 100 valence electrons. The van der Waals surface area contributed by atoms with E-state index in [4.69, 9.17) is 9.47 Å². The number of hydrogen-bond acceptors (Lipinski definition) is 5. The van der Waals surface area contributed by atoms with Crippen molar-refractivity contribution in [3.05, 3.63) is 30.3 Å². The first-order valence-corrected chi connectivity index (χ1v) is 5.77. The normalized spacial score (nSPS) is 11.1. The fourth-order valence-electron chi connectivity index (χ4n) is 1.29. The van der Waals surface area contributed by atoms with E-state index in [0.29, 0.717) is 12.2 Å². The van der Waals surface area contributed by atoms with E-state index in [9.17, 15) is 15.0 Å². The van der Waals surface area contributed by atoms with Crippen LogP contribution in [-0.2, 0) is 4.74 Å². The lowest BCUT2D eigenvalue weighted by atomic mass is 9.88. The van der Waals surface area contributed by atoms with Gasteiger partial charge in [-0.05, 0) is 18.6 Å². The molecule has 18 heavy (non-hydrogen) atoms. The maximum absolute atomic E-state index is 11.4. The van der Waals surface area contributed by atoms with Gasteiger partial charge >= 0.3 is 6.16 Å². The van der Waals surface area contributed by atoms with Gasteiger partial charge in [0.2, 0.25) is 0 Å². The molecule has 0 fully saturated rings. The fourth-order valence-corrected chi connectivity index (χ4v) is 1.29. The third kappa shape index (κ3) is 4.01. The molecule has 0 saturated carbocycles. The first-order valence-electron chi connectivity index (χ1n) is 5.77. The van der Waals surface area contributed by atoms with Crippen molar-refractivity contribution in [3.63, 3.8) is 0 Å². The molecule has 0 heterocycles. The predicted molar refractivity (Wildman–Crippen MR) is 65.3 cm³/mol. The average Bonchev–Trinajstić information content (AvgIpc) is 2.42. The van der Waals surface area contributed by atoms with Gasteiger partial charge in [0.1, 0.15) is 12.4 Å². The van der Waals surface area contributed by atoms with Crippen molar-refractivity contribution in [2.75, 3.05) is 19.8 Å². The van der Waals surface area contributed by atoms with Gasteiger partial charge in [0.05, 0.1) is 18.6 Å². The van der Waals surface area contributed by atoms with Gasteiger partial charge in [0.25, 0.3) is 0 Å². The standard InChI is InChI=1S/C13H18O5/c1-2-13(8-14,9-15)10-17-12(16)18-11-6-4-3-5-7-11/h3-7,14-15H,2,8-10H2,1H3. The van der Waals surface area contributed by atoms with Crippen molar-refractivity contribution in [2.24, 2.45) is 5.41 Å². The second-order valence-corrected chi connectivity index (χ2v) is 4.12. The lowest BCUT2D eigenvalue weighted by Crippen LogP contribution is -2.35. The van der Waals surface area contributed by atoms with Crippen molar-refractivity contribution < 1.29 is 24.5 Å². The van der Waals surface area contributed by atoms with E-state index in [2.05, 4.69) is 0 Å². The molecule has 0 aliphatic heterocycles. The van der Waals surface area contributed by atoms with Crippen LogP contribution in [-0.4, -0.2) is 36.2 Å². The molecule has 0 saturated heterocycles. The monoisotopic (exact) mass is 254 g/mol. The van der Waals surface area contributed by atoms with Crippen LogP contribution in [0.1, 0.15) is 13.3 Å². The van der Waals surface area contributed by atoms with Crippen molar-refractivity contribution in [1.82, 2.24) is 0 Å². The van der Waals surface area contributed by atoms with Crippen molar-refractivity contribution >= 4 is 6.16 Å². The zero-order chi connectivity index (χ0) is 13.4. The molecule has 0 unspecified atom stereocenters. The molecular weight excluding hydrogens is 236 g/mol. The summed E-state index contributed by atoms with van der Waals surface area (Å²) in [6.45, 7) is 1.22. The molecule has 5 nitrogen and oxygen atoms in total. The second kappa shape index (κ2) is 6.98. The Kier molecular flexibility index (Phi) is 5.61. The van der Waals surface area contributed by atoms with Crippen LogP contribution in [0, 0.1) is 5.41 Å². The zero-order valence-electron chi connectivity index (χ0n) is 10.3. The van der Waals surface area contributed by atoms with Crippen LogP contribution in [0.5, 0.6) is 5.75 Å². The maximum Gasteiger partial charge on any atom is 0.513 e. The molecule has 0 aromatic heterocycles. The summed E-state index contributed by atoms with van der Waals surface area (Å²) in [4.78, 5) is 11.4. The molecule has 1 aromatic carbocycles. The average molecular weight is 254 g/mol. The molecular formula is C13H18O5. The summed E-state index contributed by atoms with van der Waals surface area (Å²) in [5, 5.41) is 18.4. The second-order valence-electron chi connectivity index (χ2n) is 4.12. The molecule has 0 bridgehead atoms. The van der Waals surface area contributed by atoms with Gasteiger partial charge < -0.3 is 19.7 Å². The highest BCUT2D eigenvalue weighted by molar-refractivity contribution is 5.63. The molecule has 5 heteroatoms. The van der Waals surface area contributed by atoms with E-state index in [1.165, 1.54) is 0 Å². The number of carbonyl (C=O) groups is 1. The first kappa shape index (κ1) is 14.5. The highest BCUT2D eigenvalue weighted by Crippen LogP contribution is 2.21. The van der Waals surface area contributed by atoms with Gasteiger partial charge in [-0.1, -0.05) is 25.1 Å². The lowest BCUT2D eigenvalue weighted by Gasteiger charge is -2.27. The number of carbonyl (C=O) groups excluding carboxylic acids is 1. The van der Waals surface area contributed by atoms with Crippen LogP contribution in [0.25, 0.3) is 0 Å². The molecule has 1 aromatic rings. The topological polar surface area (TPSA) is 76.0 Å². The van der Waals surface area contributed by atoms with E-state index >= 15 is 0 Å². The molecule has 0 radical (unpaired) electrons. The minimum atomic E-state index is -0.846. The number of hydrogen-bond donors (Lipinski definition) is 2. The van der Waals surface area contributed by atoms with Crippen LogP contribution in [0.2, 0.25) is 0 Å². The summed E-state index contributed by atoms with van der Waals surface area (Å²) >= 11 is 0. The largest absolute Gasteiger partial charge is 0.513 e. The third-order valence-corrected chi connectivity index (χ3v) is 2.86. The molecule has 0 aliphatic rings. The van der Waals surface area contributed by atoms with Crippen LogP contribution in [0.4, 0.5) is 4.79 Å². The van der Waals surface area contributed by atoms with Crippen molar-refractivity contribution in [2.45, 2.75) is 13.3 Å². The zero-order valence-corrected chi connectivity index (χ0v) is 10.3. The molecule has 0 spiro atoms. The molecule has 0 aliphatic carbocycles. The Balaban J connectivity index is 2.46. The van der Waals surface area contributed by atoms with Crippen molar-refractivity contribution in [3.8, 4) is 5.75 Å². The SMILES string of the molecule is CCC(CO)(CO)COC(=O)Oc1ccccc1. The number of aliphatic hydroxyl groups is 2.